The van der Waals surface area contributed by atoms with Crippen molar-refractivity contribution in [2.45, 2.75) is 25.8 Å². The van der Waals surface area contributed by atoms with Crippen molar-refractivity contribution in [1.82, 2.24) is 5.32 Å². The predicted octanol–water partition coefficient (Wildman–Crippen LogP) is 3.93. The fraction of sp³-hybridized carbons (Fsp3) is 0.250. The van der Waals surface area contributed by atoms with E-state index in [-0.39, 0.29) is 44.2 Å². The summed E-state index contributed by atoms with van der Waals surface area (Å²) in [7, 11) is 0. The lowest BCUT2D eigenvalue weighted by Gasteiger charge is -2.21. The number of carbonyl (C=O) groups excluding carboxylic acids is 2. The van der Waals surface area contributed by atoms with Crippen LogP contribution < -0.4 is 10.2 Å². The molecule has 0 spiro atoms. The van der Waals surface area contributed by atoms with Crippen LogP contribution in [0.15, 0.2) is 53.0 Å². The molecule has 2 aromatic rings. The van der Waals surface area contributed by atoms with Crippen molar-refractivity contribution in [3.05, 3.63) is 64.4 Å². The van der Waals surface area contributed by atoms with Crippen molar-refractivity contribution in [3.63, 3.8) is 0 Å². The Morgan fingerprint density at radius 3 is 2.59 bits per heavy atom. The van der Waals surface area contributed by atoms with Crippen molar-refractivity contribution in [2.75, 3.05) is 11.4 Å². The van der Waals surface area contributed by atoms with E-state index in [2.05, 4.69) is 21.2 Å². The predicted molar refractivity (Wildman–Crippen MR) is 104 cm³/mol. The topological polar surface area (TPSA) is 73.2 Å². The maximum Gasteiger partial charge on any atom is 0.227 e. The molecule has 0 bridgehead atoms. The quantitative estimate of drug-likeness (QED) is 0.687. The number of benzene rings is 2. The van der Waals surface area contributed by atoms with Crippen LogP contribution in [0.4, 0.5) is 10.1 Å². The Balaban J connectivity index is 1.89. The highest BCUT2D eigenvalue weighted by atomic mass is 79.9. The second-order valence-corrected chi connectivity index (χ2v) is 6.72. The first-order valence-electron chi connectivity index (χ1n) is 8.44. The first-order chi connectivity index (χ1) is 13.0. The molecule has 0 aliphatic heterocycles. The molecule has 2 amide bonds. The van der Waals surface area contributed by atoms with Gasteiger partial charge >= 0.3 is 0 Å². The number of nitriles is 1. The summed E-state index contributed by atoms with van der Waals surface area (Å²) in [5, 5.41) is 11.4. The smallest absolute Gasteiger partial charge is 0.227 e. The average molecular weight is 432 g/mol. The zero-order valence-electron chi connectivity index (χ0n) is 14.6. The fourth-order valence-electron chi connectivity index (χ4n) is 2.48. The molecule has 0 radical (unpaired) electrons. The monoisotopic (exact) mass is 431 g/mol. The van der Waals surface area contributed by atoms with E-state index in [1.807, 2.05) is 12.1 Å². The van der Waals surface area contributed by atoms with E-state index >= 15 is 0 Å². The van der Waals surface area contributed by atoms with Gasteiger partial charge in [0, 0.05) is 41.7 Å². The number of hydrogen-bond donors (Lipinski definition) is 1. The summed E-state index contributed by atoms with van der Waals surface area (Å²) in [4.78, 5) is 26.0. The van der Waals surface area contributed by atoms with E-state index in [1.54, 1.807) is 36.4 Å². The Morgan fingerprint density at radius 2 is 1.89 bits per heavy atom. The van der Waals surface area contributed by atoms with Gasteiger partial charge in [-0.1, -0.05) is 34.1 Å². The van der Waals surface area contributed by atoms with Gasteiger partial charge in [-0.3, -0.25) is 9.59 Å². The maximum absolute atomic E-state index is 13.7. The van der Waals surface area contributed by atoms with E-state index < -0.39 is 5.82 Å². The number of amides is 2. The number of carbonyl (C=O) groups is 2. The number of anilines is 1. The number of halogens is 2. The van der Waals surface area contributed by atoms with E-state index in [0.29, 0.717) is 11.3 Å². The van der Waals surface area contributed by atoms with E-state index in [9.17, 15) is 14.0 Å². The summed E-state index contributed by atoms with van der Waals surface area (Å²) in [6.45, 7) is 0.319. The van der Waals surface area contributed by atoms with Crippen LogP contribution in [0.1, 0.15) is 24.8 Å². The Bertz CT molecular complexity index is 837. The van der Waals surface area contributed by atoms with Crippen molar-refractivity contribution in [2.24, 2.45) is 0 Å². The van der Waals surface area contributed by atoms with Crippen molar-refractivity contribution < 1.29 is 14.0 Å². The third kappa shape index (κ3) is 6.50. The molecule has 27 heavy (non-hydrogen) atoms. The van der Waals surface area contributed by atoms with Gasteiger partial charge in [0.25, 0.3) is 0 Å². The molecular formula is C20H19BrFN3O2. The fourth-order valence-corrected chi connectivity index (χ4v) is 2.89. The Labute approximate surface area is 165 Å². The molecule has 7 heteroatoms. The second-order valence-electron chi connectivity index (χ2n) is 5.80. The highest BCUT2D eigenvalue weighted by molar-refractivity contribution is 9.10. The molecule has 0 atom stereocenters. The molecule has 0 heterocycles. The molecule has 0 saturated carbocycles. The summed E-state index contributed by atoms with van der Waals surface area (Å²) in [6, 6.07) is 15.5. The minimum atomic E-state index is -0.402. The minimum Gasteiger partial charge on any atom is -0.352 e. The summed E-state index contributed by atoms with van der Waals surface area (Å²) in [6.07, 6.45) is 0.201. The highest BCUT2D eigenvalue weighted by Crippen LogP contribution is 2.17. The summed E-state index contributed by atoms with van der Waals surface area (Å²) >= 11 is 3.26. The zero-order valence-corrected chi connectivity index (χ0v) is 16.2. The molecule has 0 aliphatic rings. The molecule has 0 unspecified atom stereocenters. The van der Waals surface area contributed by atoms with Crippen LogP contribution in [0.2, 0.25) is 0 Å². The lowest BCUT2D eigenvalue weighted by atomic mass is 10.2. The molecule has 140 valence electrons. The van der Waals surface area contributed by atoms with Gasteiger partial charge in [-0.05, 0) is 30.3 Å². The molecule has 2 aromatic carbocycles. The van der Waals surface area contributed by atoms with Crippen LogP contribution in [-0.4, -0.2) is 18.4 Å². The molecule has 2 rings (SSSR count). The number of nitrogens with zero attached hydrogens (tertiary/aromatic N) is 2. The third-order valence-electron chi connectivity index (χ3n) is 3.87. The molecule has 0 aromatic heterocycles. The van der Waals surface area contributed by atoms with Gasteiger partial charge in [0.15, 0.2) is 0 Å². The third-order valence-corrected chi connectivity index (χ3v) is 4.36. The Kier molecular flexibility index (Phi) is 7.96. The first kappa shape index (κ1) is 20.6. The number of nitrogens with one attached hydrogen (secondary N) is 1. The highest BCUT2D eigenvalue weighted by Gasteiger charge is 2.16. The van der Waals surface area contributed by atoms with E-state index in [1.165, 1.54) is 11.0 Å². The van der Waals surface area contributed by atoms with Crippen LogP contribution in [-0.2, 0) is 16.1 Å². The Morgan fingerprint density at radius 1 is 1.15 bits per heavy atom. The molecule has 0 saturated heterocycles. The molecule has 0 fully saturated rings. The van der Waals surface area contributed by atoms with Gasteiger partial charge in [0.05, 0.1) is 12.5 Å². The van der Waals surface area contributed by atoms with Crippen molar-refractivity contribution >= 4 is 33.4 Å². The van der Waals surface area contributed by atoms with Gasteiger partial charge in [0.1, 0.15) is 5.82 Å². The SMILES string of the molecule is N#CCCN(C(=O)CCC(=O)NCc1cc(Br)ccc1F)c1ccccc1. The lowest BCUT2D eigenvalue weighted by Crippen LogP contribution is -2.33. The minimum absolute atomic E-state index is 0.00707. The second kappa shape index (κ2) is 10.4. The number of hydrogen-bond acceptors (Lipinski definition) is 3. The first-order valence-corrected chi connectivity index (χ1v) is 9.23. The summed E-state index contributed by atoms with van der Waals surface area (Å²) in [5.74, 6) is -0.974. The van der Waals surface area contributed by atoms with E-state index in [0.717, 1.165) is 4.47 Å². The maximum atomic E-state index is 13.7. The number of para-hydroxylation sites is 1. The van der Waals surface area contributed by atoms with Gasteiger partial charge < -0.3 is 10.2 Å². The van der Waals surface area contributed by atoms with Crippen LogP contribution in [0, 0.1) is 17.1 Å². The summed E-state index contributed by atoms with van der Waals surface area (Å²) in [5.41, 5.74) is 1.05. The normalized spacial score (nSPS) is 10.1. The van der Waals surface area contributed by atoms with Crippen LogP contribution >= 0.6 is 15.9 Å². The van der Waals surface area contributed by atoms with Crippen molar-refractivity contribution in [3.8, 4) is 6.07 Å². The zero-order chi connectivity index (χ0) is 19.6. The molecule has 5 nitrogen and oxygen atoms in total. The Hall–Kier alpha value is -2.72. The number of rotatable bonds is 8. The molecule has 1 N–H and O–H groups in total. The lowest BCUT2D eigenvalue weighted by molar-refractivity contribution is -0.125. The van der Waals surface area contributed by atoms with Crippen molar-refractivity contribution in [1.29, 1.82) is 5.26 Å². The van der Waals surface area contributed by atoms with Gasteiger partial charge in [-0.15, -0.1) is 0 Å². The van der Waals surface area contributed by atoms with Gasteiger partial charge in [-0.2, -0.15) is 5.26 Å². The van der Waals surface area contributed by atoms with E-state index in [4.69, 9.17) is 5.26 Å². The van der Waals surface area contributed by atoms with Gasteiger partial charge in [-0.25, -0.2) is 4.39 Å². The largest absolute Gasteiger partial charge is 0.352 e. The molecule has 0 aliphatic carbocycles. The standard InChI is InChI=1S/C20H19BrFN3O2/c21-16-7-8-18(22)15(13-16)14-24-19(26)9-10-20(27)25(12-4-11-23)17-5-2-1-3-6-17/h1-3,5-8,13H,4,9-10,12,14H2,(H,24,26). The van der Waals surface area contributed by atoms with Crippen LogP contribution in [0.25, 0.3) is 0 Å². The summed E-state index contributed by atoms with van der Waals surface area (Å²) < 4.78 is 14.4. The average Bonchev–Trinajstić information content (AvgIpc) is 2.68. The molecular weight excluding hydrogens is 413 g/mol. The van der Waals surface area contributed by atoms with Crippen LogP contribution in [0.3, 0.4) is 0 Å². The van der Waals surface area contributed by atoms with Gasteiger partial charge in [0.2, 0.25) is 11.8 Å². The van der Waals surface area contributed by atoms with Crippen LogP contribution in [0.5, 0.6) is 0 Å².